The molecule has 3 N–H and O–H groups in total. The monoisotopic (exact) mass is 437 g/mol. The molecule has 8 nitrogen and oxygen atoms in total. The standard InChI is InChI=1S/C21H27NO7S/c23-14-1-17-28-30(26,27)29-21-10-6-19(7-11-21)3-2-18-4-8-20(9-5-18)22(12-15-24)13-16-25/h2-11,23-25H,1,12-17H2/b3-2+. The van der Waals surface area contributed by atoms with Crippen molar-refractivity contribution in [3.05, 3.63) is 59.7 Å². The SMILES string of the molecule is O=S(=O)(OCCCO)Oc1ccc(/C=C/c2ccc(N(CCO)CCO)cc2)cc1. The van der Waals surface area contributed by atoms with Crippen LogP contribution in [0, 0.1) is 0 Å². The zero-order chi connectivity index (χ0) is 21.8. The molecule has 0 unspecified atom stereocenters. The summed E-state index contributed by atoms with van der Waals surface area (Å²) in [4.78, 5) is 1.90. The fourth-order valence-corrected chi connectivity index (χ4v) is 3.32. The normalized spacial score (nSPS) is 11.7. The second-order valence-corrected chi connectivity index (χ2v) is 7.54. The molecule has 0 fully saturated rings. The minimum Gasteiger partial charge on any atom is -0.396 e. The van der Waals surface area contributed by atoms with Gasteiger partial charge in [0.1, 0.15) is 5.75 Å². The first-order valence-corrected chi connectivity index (χ1v) is 10.9. The molecule has 2 rings (SSSR count). The van der Waals surface area contributed by atoms with Crippen LogP contribution in [-0.2, 0) is 14.6 Å². The Bertz CT molecular complexity index is 875. The van der Waals surface area contributed by atoms with Crippen molar-refractivity contribution < 1.29 is 32.1 Å². The molecule has 0 saturated heterocycles. The van der Waals surface area contributed by atoms with E-state index in [0.717, 1.165) is 16.8 Å². The quantitative estimate of drug-likeness (QED) is 0.320. The predicted octanol–water partition coefficient (Wildman–Crippen LogP) is 1.67. The van der Waals surface area contributed by atoms with E-state index in [4.69, 9.17) is 19.5 Å². The van der Waals surface area contributed by atoms with Crippen molar-refractivity contribution in [1.82, 2.24) is 0 Å². The molecule has 0 heterocycles. The second kappa shape index (κ2) is 12.3. The van der Waals surface area contributed by atoms with Crippen LogP contribution in [0.3, 0.4) is 0 Å². The van der Waals surface area contributed by atoms with E-state index in [1.807, 2.05) is 41.3 Å². The molecular weight excluding hydrogens is 410 g/mol. The number of nitrogens with zero attached hydrogens (tertiary/aromatic N) is 1. The summed E-state index contributed by atoms with van der Waals surface area (Å²) < 4.78 is 32.8. The van der Waals surface area contributed by atoms with Gasteiger partial charge in [0.25, 0.3) is 0 Å². The lowest BCUT2D eigenvalue weighted by Gasteiger charge is -2.22. The summed E-state index contributed by atoms with van der Waals surface area (Å²) in [6, 6.07) is 14.2. The molecule has 0 aliphatic carbocycles. The van der Waals surface area contributed by atoms with Crippen molar-refractivity contribution >= 4 is 28.2 Å². The minimum absolute atomic E-state index is 0.0114. The van der Waals surface area contributed by atoms with Crippen LogP contribution in [0.15, 0.2) is 48.5 Å². The number of benzene rings is 2. The smallest absolute Gasteiger partial charge is 0.396 e. The molecule has 30 heavy (non-hydrogen) atoms. The Morgan fingerprint density at radius 3 is 1.83 bits per heavy atom. The highest BCUT2D eigenvalue weighted by molar-refractivity contribution is 7.82. The van der Waals surface area contributed by atoms with E-state index in [-0.39, 0.29) is 38.6 Å². The van der Waals surface area contributed by atoms with E-state index in [9.17, 15) is 8.42 Å². The summed E-state index contributed by atoms with van der Waals surface area (Å²) in [5.74, 6) is 0.133. The van der Waals surface area contributed by atoms with Crippen LogP contribution in [0.5, 0.6) is 5.75 Å². The largest absolute Gasteiger partial charge is 0.449 e. The summed E-state index contributed by atoms with van der Waals surface area (Å²) in [6.07, 6.45) is 4.00. The van der Waals surface area contributed by atoms with Crippen molar-refractivity contribution in [1.29, 1.82) is 0 Å². The summed E-state index contributed by atoms with van der Waals surface area (Å²) >= 11 is 0. The highest BCUT2D eigenvalue weighted by Gasteiger charge is 2.13. The fourth-order valence-electron chi connectivity index (χ4n) is 2.60. The molecule has 0 radical (unpaired) electrons. The van der Waals surface area contributed by atoms with Crippen LogP contribution in [0.2, 0.25) is 0 Å². The van der Waals surface area contributed by atoms with Crippen molar-refractivity contribution in [2.24, 2.45) is 0 Å². The Hall–Kier alpha value is -2.43. The van der Waals surface area contributed by atoms with Gasteiger partial charge >= 0.3 is 10.4 Å². The predicted molar refractivity (Wildman–Crippen MR) is 115 cm³/mol. The third kappa shape index (κ3) is 8.13. The number of aliphatic hydroxyl groups is 3. The molecule has 2 aromatic carbocycles. The van der Waals surface area contributed by atoms with Gasteiger partial charge in [-0.3, -0.25) is 0 Å². The van der Waals surface area contributed by atoms with Crippen LogP contribution < -0.4 is 9.08 Å². The van der Waals surface area contributed by atoms with E-state index in [1.165, 1.54) is 12.1 Å². The van der Waals surface area contributed by atoms with Gasteiger partial charge in [0.05, 0.1) is 19.8 Å². The maximum absolute atomic E-state index is 11.7. The first kappa shape index (κ1) is 23.8. The lowest BCUT2D eigenvalue weighted by Crippen LogP contribution is -2.29. The molecule has 0 saturated carbocycles. The zero-order valence-corrected chi connectivity index (χ0v) is 17.4. The Balaban J connectivity index is 1.96. The van der Waals surface area contributed by atoms with Crippen LogP contribution in [-0.4, -0.2) is 63.3 Å². The van der Waals surface area contributed by atoms with Crippen LogP contribution in [0.4, 0.5) is 5.69 Å². The molecule has 0 atom stereocenters. The minimum atomic E-state index is -4.16. The first-order valence-electron chi connectivity index (χ1n) is 9.52. The van der Waals surface area contributed by atoms with Crippen molar-refractivity contribution in [2.75, 3.05) is 44.4 Å². The second-order valence-electron chi connectivity index (χ2n) is 6.32. The lowest BCUT2D eigenvalue weighted by molar-refractivity contribution is 0.221. The molecule has 0 spiro atoms. The fraction of sp³-hybridized carbons (Fsp3) is 0.333. The number of rotatable bonds is 13. The van der Waals surface area contributed by atoms with Gasteiger partial charge in [-0.1, -0.05) is 36.4 Å². The van der Waals surface area contributed by atoms with Gasteiger partial charge in [0.15, 0.2) is 0 Å². The van der Waals surface area contributed by atoms with Gasteiger partial charge in [-0.05, 0) is 41.8 Å². The van der Waals surface area contributed by atoms with Crippen LogP contribution >= 0.6 is 0 Å². The topological polar surface area (TPSA) is 117 Å². The van der Waals surface area contributed by atoms with E-state index < -0.39 is 10.4 Å². The summed E-state index contributed by atoms with van der Waals surface area (Å²) in [7, 11) is -4.16. The van der Waals surface area contributed by atoms with Crippen LogP contribution in [0.25, 0.3) is 12.2 Å². The first-order chi connectivity index (χ1) is 14.5. The van der Waals surface area contributed by atoms with Gasteiger partial charge in [0.2, 0.25) is 0 Å². The molecule has 9 heteroatoms. The molecule has 2 aromatic rings. The number of hydrogen-bond donors (Lipinski definition) is 3. The zero-order valence-electron chi connectivity index (χ0n) is 16.6. The molecule has 0 amide bonds. The summed E-state index contributed by atoms with van der Waals surface area (Å²) in [6.45, 7) is 0.618. The van der Waals surface area contributed by atoms with E-state index >= 15 is 0 Å². The van der Waals surface area contributed by atoms with E-state index in [0.29, 0.717) is 13.1 Å². The molecule has 0 aliphatic rings. The van der Waals surface area contributed by atoms with Gasteiger partial charge < -0.3 is 24.4 Å². The number of aliphatic hydroxyl groups excluding tert-OH is 3. The summed E-state index contributed by atoms with van der Waals surface area (Å²) in [5, 5.41) is 26.9. The van der Waals surface area contributed by atoms with Gasteiger partial charge in [0, 0.05) is 25.4 Å². The Morgan fingerprint density at radius 2 is 1.33 bits per heavy atom. The number of hydrogen-bond acceptors (Lipinski definition) is 8. The molecule has 0 bridgehead atoms. The van der Waals surface area contributed by atoms with Crippen molar-refractivity contribution in [3.63, 3.8) is 0 Å². The van der Waals surface area contributed by atoms with E-state index in [1.54, 1.807) is 12.1 Å². The van der Waals surface area contributed by atoms with Crippen molar-refractivity contribution in [3.8, 4) is 5.75 Å². The third-order valence-corrected chi connectivity index (χ3v) is 4.93. The lowest BCUT2D eigenvalue weighted by atomic mass is 10.1. The summed E-state index contributed by atoms with van der Waals surface area (Å²) in [5.41, 5.74) is 2.73. The van der Waals surface area contributed by atoms with Gasteiger partial charge in [-0.25, -0.2) is 4.18 Å². The maximum atomic E-state index is 11.7. The van der Waals surface area contributed by atoms with Crippen LogP contribution in [0.1, 0.15) is 17.5 Å². The van der Waals surface area contributed by atoms with Gasteiger partial charge in [-0.2, -0.15) is 8.42 Å². The highest BCUT2D eigenvalue weighted by Crippen LogP contribution is 2.19. The average Bonchev–Trinajstić information content (AvgIpc) is 2.73. The Morgan fingerprint density at radius 1 is 0.800 bits per heavy atom. The number of anilines is 1. The molecule has 0 aromatic heterocycles. The maximum Gasteiger partial charge on any atom is 0.449 e. The highest BCUT2D eigenvalue weighted by atomic mass is 32.3. The Labute approximate surface area is 176 Å². The van der Waals surface area contributed by atoms with Crippen molar-refractivity contribution in [2.45, 2.75) is 6.42 Å². The Kier molecular flexibility index (Phi) is 9.78. The van der Waals surface area contributed by atoms with Gasteiger partial charge in [-0.15, -0.1) is 0 Å². The van der Waals surface area contributed by atoms with E-state index in [2.05, 4.69) is 4.18 Å². The average molecular weight is 438 g/mol. The molecule has 0 aliphatic heterocycles. The third-order valence-electron chi connectivity index (χ3n) is 4.07. The molecule has 164 valence electrons. The molecular formula is C21H27NO7S.